The monoisotopic (exact) mass is 374 g/mol. The third-order valence-electron chi connectivity index (χ3n) is 5.52. The van der Waals surface area contributed by atoms with E-state index in [1.165, 1.54) is 0 Å². The van der Waals surface area contributed by atoms with E-state index in [-0.39, 0.29) is 12.0 Å². The van der Waals surface area contributed by atoms with E-state index in [2.05, 4.69) is 0 Å². The second kappa shape index (κ2) is 6.82. The number of para-hydroxylation sites is 3. The van der Waals surface area contributed by atoms with Crippen molar-refractivity contribution in [3.63, 3.8) is 0 Å². The Hall–Kier alpha value is -3.08. The van der Waals surface area contributed by atoms with E-state index >= 15 is 0 Å². The largest absolute Gasteiger partial charge is 0.486 e. The van der Waals surface area contributed by atoms with Crippen molar-refractivity contribution in [1.29, 1.82) is 0 Å². The van der Waals surface area contributed by atoms with Crippen LogP contribution in [0.3, 0.4) is 0 Å². The fourth-order valence-electron chi connectivity index (χ4n) is 4.19. The molecular weight excluding hydrogens is 352 g/mol. The highest BCUT2D eigenvalue weighted by atomic mass is 16.6. The number of hydrogen-bond donors (Lipinski definition) is 0. The maximum absolute atomic E-state index is 13.4. The molecule has 5 nitrogen and oxygen atoms in total. The molecule has 5 heteroatoms. The highest BCUT2D eigenvalue weighted by Gasteiger charge is 2.28. The number of benzene rings is 2. The molecule has 0 bridgehead atoms. The highest BCUT2D eigenvalue weighted by Crippen LogP contribution is 2.32. The lowest BCUT2D eigenvalue weighted by atomic mass is 10.00. The SMILES string of the molecule is CN(CC1COc2ccccc2O1)C(=O)c1c2c(nc3ccccc13)CCC2. The van der Waals surface area contributed by atoms with Crippen LogP contribution in [0.1, 0.15) is 28.0 Å². The number of fused-ring (bicyclic) bond motifs is 3. The van der Waals surface area contributed by atoms with Crippen molar-refractivity contribution >= 4 is 16.8 Å². The number of hydrogen-bond acceptors (Lipinski definition) is 4. The summed E-state index contributed by atoms with van der Waals surface area (Å²) in [4.78, 5) is 20.0. The Morgan fingerprint density at radius 1 is 1.11 bits per heavy atom. The van der Waals surface area contributed by atoms with E-state index in [1.807, 2.05) is 55.6 Å². The van der Waals surface area contributed by atoms with Gasteiger partial charge >= 0.3 is 0 Å². The Morgan fingerprint density at radius 3 is 2.79 bits per heavy atom. The topological polar surface area (TPSA) is 51.7 Å². The molecule has 0 saturated heterocycles. The van der Waals surface area contributed by atoms with Crippen molar-refractivity contribution in [3.05, 3.63) is 65.4 Å². The molecule has 0 fully saturated rings. The van der Waals surface area contributed by atoms with Gasteiger partial charge in [-0.1, -0.05) is 30.3 Å². The molecule has 0 N–H and O–H groups in total. The lowest BCUT2D eigenvalue weighted by Gasteiger charge is -2.30. The van der Waals surface area contributed by atoms with Crippen LogP contribution in [-0.4, -0.2) is 42.1 Å². The molecule has 0 spiro atoms. The first kappa shape index (κ1) is 17.0. The van der Waals surface area contributed by atoms with Crippen molar-refractivity contribution in [2.45, 2.75) is 25.4 Å². The van der Waals surface area contributed by atoms with E-state index in [0.29, 0.717) is 13.2 Å². The first-order chi connectivity index (χ1) is 13.7. The molecule has 142 valence electrons. The van der Waals surface area contributed by atoms with Gasteiger partial charge in [-0.15, -0.1) is 0 Å². The molecule has 0 saturated carbocycles. The average molecular weight is 374 g/mol. The van der Waals surface area contributed by atoms with Crippen LogP contribution in [0.2, 0.25) is 0 Å². The number of likely N-dealkylation sites (N-methyl/N-ethyl adjacent to an activating group) is 1. The summed E-state index contributed by atoms with van der Waals surface area (Å²) in [7, 11) is 1.84. The number of aromatic nitrogens is 1. The van der Waals surface area contributed by atoms with Gasteiger partial charge in [0.2, 0.25) is 0 Å². The summed E-state index contributed by atoms with van der Waals surface area (Å²) in [5, 5.41) is 0.936. The van der Waals surface area contributed by atoms with E-state index in [0.717, 1.165) is 58.5 Å². The van der Waals surface area contributed by atoms with Crippen LogP contribution in [0.25, 0.3) is 10.9 Å². The number of pyridine rings is 1. The summed E-state index contributed by atoms with van der Waals surface area (Å²) in [5.74, 6) is 1.51. The smallest absolute Gasteiger partial charge is 0.254 e. The van der Waals surface area contributed by atoms with Crippen LogP contribution in [0.5, 0.6) is 11.5 Å². The molecule has 1 aromatic heterocycles. The Kier molecular flexibility index (Phi) is 4.15. The lowest BCUT2D eigenvalue weighted by molar-refractivity contribution is 0.0521. The van der Waals surface area contributed by atoms with Gasteiger partial charge < -0.3 is 14.4 Å². The van der Waals surface area contributed by atoms with Crippen LogP contribution in [0.15, 0.2) is 48.5 Å². The molecular formula is C23H22N2O3. The lowest BCUT2D eigenvalue weighted by Crippen LogP contribution is -2.42. The molecule has 1 aliphatic heterocycles. The van der Waals surface area contributed by atoms with Gasteiger partial charge in [-0.05, 0) is 43.0 Å². The van der Waals surface area contributed by atoms with Gasteiger partial charge in [0.25, 0.3) is 5.91 Å². The fraction of sp³-hybridized carbons (Fsp3) is 0.304. The van der Waals surface area contributed by atoms with Gasteiger partial charge in [-0.2, -0.15) is 0 Å². The number of carbonyl (C=O) groups is 1. The summed E-state index contributed by atoms with van der Waals surface area (Å²) in [6, 6.07) is 15.6. The molecule has 2 heterocycles. The molecule has 28 heavy (non-hydrogen) atoms. The van der Waals surface area contributed by atoms with Gasteiger partial charge in [0.1, 0.15) is 6.61 Å². The molecule has 1 unspecified atom stereocenters. The summed E-state index contributed by atoms with van der Waals surface area (Å²) >= 11 is 0. The molecule has 1 amide bonds. The highest BCUT2D eigenvalue weighted by molar-refractivity contribution is 6.07. The van der Waals surface area contributed by atoms with Crippen molar-refractivity contribution in [2.24, 2.45) is 0 Å². The molecule has 1 atom stereocenters. The zero-order chi connectivity index (χ0) is 19.1. The van der Waals surface area contributed by atoms with E-state index in [9.17, 15) is 4.79 Å². The van der Waals surface area contributed by atoms with Crippen molar-refractivity contribution in [3.8, 4) is 11.5 Å². The number of carbonyl (C=O) groups excluding carboxylic acids is 1. The second-order valence-corrected chi connectivity index (χ2v) is 7.47. The maximum atomic E-state index is 13.4. The Morgan fingerprint density at radius 2 is 1.89 bits per heavy atom. The summed E-state index contributed by atoms with van der Waals surface area (Å²) in [6.45, 7) is 0.905. The zero-order valence-electron chi connectivity index (χ0n) is 15.9. The van der Waals surface area contributed by atoms with Crippen molar-refractivity contribution < 1.29 is 14.3 Å². The number of aryl methyl sites for hydroxylation is 1. The average Bonchev–Trinajstić information content (AvgIpc) is 3.19. The zero-order valence-corrected chi connectivity index (χ0v) is 15.9. The summed E-state index contributed by atoms with van der Waals surface area (Å²) in [5.41, 5.74) is 3.88. The van der Waals surface area contributed by atoms with Crippen molar-refractivity contribution in [1.82, 2.24) is 9.88 Å². The minimum Gasteiger partial charge on any atom is -0.486 e. The summed E-state index contributed by atoms with van der Waals surface area (Å²) < 4.78 is 11.8. The third-order valence-corrected chi connectivity index (χ3v) is 5.52. The molecule has 2 aliphatic rings. The quantitative estimate of drug-likeness (QED) is 0.702. The van der Waals surface area contributed by atoms with E-state index in [1.54, 1.807) is 4.90 Å². The number of amides is 1. The van der Waals surface area contributed by atoms with Gasteiger partial charge in [0.05, 0.1) is 17.6 Å². The number of ether oxygens (including phenoxy) is 2. The second-order valence-electron chi connectivity index (χ2n) is 7.47. The maximum Gasteiger partial charge on any atom is 0.254 e. The van der Waals surface area contributed by atoms with Crippen molar-refractivity contribution in [2.75, 3.05) is 20.2 Å². The third kappa shape index (κ3) is 2.87. The normalized spacial score (nSPS) is 17.4. The number of rotatable bonds is 3. The first-order valence-electron chi connectivity index (χ1n) is 9.75. The first-order valence-corrected chi connectivity index (χ1v) is 9.75. The van der Waals surface area contributed by atoms with E-state index < -0.39 is 0 Å². The number of nitrogens with zero attached hydrogens (tertiary/aromatic N) is 2. The predicted octanol–water partition coefficient (Wildman–Crippen LogP) is 3.64. The minimum atomic E-state index is -0.190. The Bertz CT molecular complexity index is 1060. The van der Waals surface area contributed by atoms with E-state index in [4.69, 9.17) is 14.5 Å². The predicted molar refractivity (Wildman–Crippen MR) is 107 cm³/mol. The van der Waals surface area contributed by atoms with Crippen LogP contribution >= 0.6 is 0 Å². The van der Waals surface area contributed by atoms with Crippen LogP contribution in [0, 0.1) is 0 Å². The summed E-state index contributed by atoms with van der Waals surface area (Å²) in [6.07, 6.45) is 2.72. The molecule has 1 aliphatic carbocycles. The van der Waals surface area contributed by atoms with Gasteiger partial charge in [0, 0.05) is 18.1 Å². The molecule has 5 rings (SSSR count). The molecule has 3 aromatic rings. The molecule has 2 aromatic carbocycles. The minimum absolute atomic E-state index is 0.0270. The Balaban J connectivity index is 1.43. The fourth-order valence-corrected chi connectivity index (χ4v) is 4.19. The Labute approximate surface area is 163 Å². The standard InChI is InChI=1S/C23H22N2O3/c1-25(13-15-14-27-20-11-4-5-12-21(20)28-15)23(26)22-16-7-2-3-9-18(16)24-19-10-6-8-17(19)22/h2-5,7,9,11-12,15H,6,8,10,13-14H2,1H3. The van der Waals surface area contributed by atoms with Crippen LogP contribution in [0.4, 0.5) is 0 Å². The van der Waals surface area contributed by atoms with Gasteiger partial charge in [-0.3, -0.25) is 9.78 Å². The molecule has 0 radical (unpaired) electrons. The van der Waals surface area contributed by atoms with Gasteiger partial charge in [0.15, 0.2) is 17.6 Å². The van der Waals surface area contributed by atoms with Crippen LogP contribution in [-0.2, 0) is 12.8 Å². The van der Waals surface area contributed by atoms with Crippen LogP contribution < -0.4 is 9.47 Å². The van der Waals surface area contributed by atoms with Gasteiger partial charge in [-0.25, -0.2) is 0 Å².